The summed E-state index contributed by atoms with van der Waals surface area (Å²) in [6.07, 6.45) is 23.7. The highest BCUT2D eigenvalue weighted by Crippen LogP contribution is 2.27. The average molecular weight is 489 g/mol. The van der Waals surface area contributed by atoms with E-state index in [2.05, 4.69) is 13.8 Å². The number of hydrogen-bond acceptors (Lipinski definition) is 3. The van der Waals surface area contributed by atoms with Gasteiger partial charge in [-0.1, -0.05) is 147 Å². The molecule has 1 unspecified atom stereocenters. The summed E-state index contributed by atoms with van der Waals surface area (Å²) in [7, 11) is 1.59. The van der Waals surface area contributed by atoms with Crippen molar-refractivity contribution in [1.82, 2.24) is 0 Å². The van der Waals surface area contributed by atoms with Gasteiger partial charge < -0.3 is 9.47 Å². The maximum Gasteiger partial charge on any atom is 0.342 e. The molecule has 0 saturated heterocycles. The highest BCUT2D eigenvalue weighted by Gasteiger charge is 2.37. The van der Waals surface area contributed by atoms with Crippen LogP contribution in [-0.4, -0.2) is 19.7 Å². The number of rotatable bonds is 23. The first-order chi connectivity index (χ1) is 17.1. The van der Waals surface area contributed by atoms with Crippen molar-refractivity contribution in [2.45, 2.75) is 142 Å². The van der Waals surface area contributed by atoms with Crippen LogP contribution in [0.1, 0.15) is 142 Å². The molecule has 1 aromatic carbocycles. The molecule has 0 radical (unpaired) electrons. The summed E-state index contributed by atoms with van der Waals surface area (Å²) in [6.45, 7) is 6.87. The fourth-order valence-corrected chi connectivity index (χ4v) is 4.85. The summed E-state index contributed by atoms with van der Waals surface area (Å²) in [4.78, 5) is 13.1. The van der Waals surface area contributed by atoms with Crippen LogP contribution >= 0.6 is 0 Å². The molecule has 0 bridgehead atoms. The molecular formula is C32H56O3. The zero-order chi connectivity index (χ0) is 25.6. The van der Waals surface area contributed by atoms with Crippen molar-refractivity contribution < 1.29 is 14.3 Å². The van der Waals surface area contributed by atoms with Gasteiger partial charge in [-0.3, -0.25) is 0 Å². The van der Waals surface area contributed by atoms with Crippen LogP contribution in [0.5, 0.6) is 0 Å². The van der Waals surface area contributed by atoms with Gasteiger partial charge in [0.15, 0.2) is 5.60 Å². The van der Waals surface area contributed by atoms with Crippen molar-refractivity contribution >= 4 is 5.97 Å². The molecule has 0 fully saturated rings. The summed E-state index contributed by atoms with van der Waals surface area (Å²) in [6, 6.07) is 9.70. The van der Waals surface area contributed by atoms with Crippen molar-refractivity contribution in [1.29, 1.82) is 0 Å². The molecule has 202 valence electrons. The first kappa shape index (κ1) is 31.7. The van der Waals surface area contributed by atoms with Gasteiger partial charge in [0, 0.05) is 7.11 Å². The van der Waals surface area contributed by atoms with Crippen molar-refractivity contribution in [3.05, 3.63) is 35.9 Å². The Balaban J connectivity index is 2.47. The number of benzene rings is 1. The molecule has 1 rings (SSSR count). The van der Waals surface area contributed by atoms with Gasteiger partial charge in [-0.25, -0.2) is 4.79 Å². The Bertz CT molecular complexity index is 594. The van der Waals surface area contributed by atoms with E-state index in [9.17, 15) is 4.79 Å². The van der Waals surface area contributed by atoms with E-state index in [4.69, 9.17) is 9.47 Å². The van der Waals surface area contributed by atoms with Crippen LogP contribution in [0.4, 0.5) is 0 Å². The van der Waals surface area contributed by atoms with E-state index in [1.807, 2.05) is 37.3 Å². The Morgan fingerprint density at radius 2 is 1.14 bits per heavy atom. The molecule has 35 heavy (non-hydrogen) atoms. The number of esters is 1. The molecule has 0 saturated carbocycles. The first-order valence-corrected chi connectivity index (χ1v) is 14.9. The van der Waals surface area contributed by atoms with Crippen molar-refractivity contribution in [2.75, 3.05) is 13.7 Å². The van der Waals surface area contributed by atoms with Gasteiger partial charge in [-0.2, -0.15) is 0 Å². The van der Waals surface area contributed by atoms with Gasteiger partial charge in [-0.05, 0) is 31.2 Å². The van der Waals surface area contributed by atoms with E-state index in [0.29, 0.717) is 12.5 Å². The second-order valence-electron chi connectivity index (χ2n) is 10.6. The lowest BCUT2D eigenvalue weighted by Crippen LogP contribution is -2.37. The Morgan fingerprint density at radius 1 is 0.714 bits per heavy atom. The Labute approximate surface area is 217 Å². The Hall–Kier alpha value is -1.35. The van der Waals surface area contributed by atoms with Crippen LogP contribution < -0.4 is 0 Å². The quantitative estimate of drug-likeness (QED) is 0.114. The predicted molar refractivity (Wildman–Crippen MR) is 150 cm³/mol. The Kier molecular flexibility index (Phi) is 18.8. The van der Waals surface area contributed by atoms with Crippen LogP contribution in [0.15, 0.2) is 30.3 Å². The van der Waals surface area contributed by atoms with E-state index >= 15 is 0 Å². The van der Waals surface area contributed by atoms with Gasteiger partial charge in [0.05, 0.1) is 6.61 Å². The van der Waals surface area contributed by atoms with Gasteiger partial charge >= 0.3 is 5.97 Å². The molecular weight excluding hydrogens is 432 g/mol. The summed E-state index contributed by atoms with van der Waals surface area (Å²) >= 11 is 0. The number of unbranched alkanes of at least 4 members (excludes halogenated alkanes) is 14. The standard InChI is InChI=1S/C32H56O3/c1-5-7-9-11-13-15-17-20-24-29(25-21-18-16-14-12-10-8-6-2)28-35-31(33)32(3,34-4)30-26-22-19-23-27-30/h19,22-23,26-27,29H,5-18,20-21,24-25,28H2,1-4H3. The molecule has 0 aromatic heterocycles. The Morgan fingerprint density at radius 3 is 1.57 bits per heavy atom. The number of ether oxygens (including phenoxy) is 2. The molecule has 0 heterocycles. The summed E-state index contributed by atoms with van der Waals surface area (Å²) in [5.74, 6) is 0.180. The lowest BCUT2D eigenvalue weighted by Gasteiger charge is -2.27. The van der Waals surface area contributed by atoms with Crippen LogP contribution in [0.25, 0.3) is 0 Å². The summed E-state index contributed by atoms with van der Waals surface area (Å²) < 4.78 is 11.5. The summed E-state index contributed by atoms with van der Waals surface area (Å²) in [5.41, 5.74) is -0.210. The molecule has 3 heteroatoms. The fourth-order valence-electron chi connectivity index (χ4n) is 4.85. The van der Waals surface area contributed by atoms with Crippen LogP contribution in [0.2, 0.25) is 0 Å². The van der Waals surface area contributed by atoms with Crippen LogP contribution in [0, 0.1) is 5.92 Å². The average Bonchev–Trinajstić information content (AvgIpc) is 2.89. The molecule has 0 aliphatic carbocycles. The highest BCUT2D eigenvalue weighted by atomic mass is 16.6. The third-order valence-electron chi connectivity index (χ3n) is 7.50. The lowest BCUT2D eigenvalue weighted by molar-refractivity contribution is -0.170. The molecule has 0 N–H and O–H groups in total. The largest absolute Gasteiger partial charge is 0.463 e. The number of methoxy groups -OCH3 is 1. The maximum atomic E-state index is 13.1. The second kappa shape index (κ2) is 20.8. The molecule has 1 atom stereocenters. The molecule has 1 aromatic rings. The molecule has 3 nitrogen and oxygen atoms in total. The number of hydrogen-bond donors (Lipinski definition) is 0. The smallest absolute Gasteiger partial charge is 0.342 e. The number of carbonyl (C=O) groups is 1. The molecule has 0 aliphatic rings. The SMILES string of the molecule is CCCCCCCCCCC(CCCCCCCCCC)COC(=O)C(C)(OC)c1ccccc1. The van der Waals surface area contributed by atoms with E-state index in [0.717, 1.165) is 18.4 Å². The van der Waals surface area contributed by atoms with E-state index in [1.54, 1.807) is 7.11 Å². The fraction of sp³-hybridized carbons (Fsp3) is 0.781. The van der Waals surface area contributed by atoms with Gasteiger partial charge in [-0.15, -0.1) is 0 Å². The van der Waals surface area contributed by atoms with E-state index in [1.165, 1.54) is 103 Å². The minimum atomic E-state index is -1.05. The van der Waals surface area contributed by atoms with Gasteiger partial charge in [0.25, 0.3) is 0 Å². The zero-order valence-corrected chi connectivity index (χ0v) is 23.6. The zero-order valence-electron chi connectivity index (χ0n) is 23.6. The first-order valence-electron chi connectivity index (χ1n) is 14.9. The topological polar surface area (TPSA) is 35.5 Å². The molecule has 0 aliphatic heterocycles. The number of carbonyl (C=O) groups excluding carboxylic acids is 1. The van der Waals surface area contributed by atoms with Crippen molar-refractivity contribution in [3.63, 3.8) is 0 Å². The van der Waals surface area contributed by atoms with E-state index in [-0.39, 0.29) is 5.97 Å². The van der Waals surface area contributed by atoms with Crippen LogP contribution in [-0.2, 0) is 19.9 Å². The summed E-state index contributed by atoms with van der Waals surface area (Å²) in [5, 5.41) is 0. The normalized spacial score (nSPS) is 13.2. The van der Waals surface area contributed by atoms with Crippen LogP contribution in [0.3, 0.4) is 0 Å². The van der Waals surface area contributed by atoms with Gasteiger partial charge in [0.1, 0.15) is 0 Å². The minimum Gasteiger partial charge on any atom is -0.463 e. The molecule has 0 spiro atoms. The second-order valence-corrected chi connectivity index (χ2v) is 10.6. The van der Waals surface area contributed by atoms with Crippen molar-refractivity contribution in [3.8, 4) is 0 Å². The maximum absolute atomic E-state index is 13.1. The minimum absolute atomic E-state index is 0.275. The predicted octanol–water partition coefficient (Wildman–Crippen LogP) is 9.77. The molecule has 0 amide bonds. The third-order valence-corrected chi connectivity index (χ3v) is 7.50. The van der Waals surface area contributed by atoms with E-state index < -0.39 is 5.60 Å². The lowest BCUT2D eigenvalue weighted by atomic mass is 9.94. The van der Waals surface area contributed by atoms with Gasteiger partial charge in [0.2, 0.25) is 0 Å². The third kappa shape index (κ3) is 14.1. The monoisotopic (exact) mass is 488 g/mol. The van der Waals surface area contributed by atoms with Crippen molar-refractivity contribution in [2.24, 2.45) is 5.92 Å². The highest BCUT2D eigenvalue weighted by molar-refractivity contribution is 5.80.